The lowest BCUT2D eigenvalue weighted by molar-refractivity contribution is 0.526. The van der Waals surface area contributed by atoms with Crippen LogP contribution in [0.25, 0.3) is 0 Å². The minimum atomic E-state index is -3.70. The summed E-state index contributed by atoms with van der Waals surface area (Å²) in [5.74, 6) is -0.672. The fourth-order valence-electron chi connectivity index (χ4n) is 0.851. The molecule has 0 aliphatic heterocycles. The lowest BCUT2D eigenvalue weighted by atomic mass is 10.3. The molecule has 1 aromatic carbocycles. The fraction of sp³-hybridized carbons (Fsp3) is 0.250. The first-order valence-corrected chi connectivity index (χ1v) is 5.52. The Morgan fingerprint density at radius 3 is 2.53 bits per heavy atom. The number of benzene rings is 1. The molecule has 0 atom stereocenters. The summed E-state index contributed by atoms with van der Waals surface area (Å²) in [5, 5.41) is 0. The van der Waals surface area contributed by atoms with Crippen molar-refractivity contribution in [2.24, 2.45) is 0 Å². The molecule has 0 aromatic heterocycles. The van der Waals surface area contributed by atoms with E-state index >= 15 is 0 Å². The topological polar surface area (TPSA) is 75.4 Å². The molecule has 0 bridgehead atoms. The molecular weight excluding hydrogens is 221 g/mol. The van der Waals surface area contributed by atoms with Crippen LogP contribution in [-0.4, -0.2) is 26.8 Å². The Balaban J connectivity index is 3.05. The number of nitrogens with two attached hydrogens (primary N) is 1. The maximum atomic E-state index is 13.2. The summed E-state index contributed by atoms with van der Waals surface area (Å²) in [6, 6.07) is 3.67. The standard InChI is InChI=1S/C8H12FN3O2S/c1-12(2)15(13,14)11-8-5-6(10)3-4-7(8)9/h3-5,11H,10H2,1-2H3. The molecule has 0 unspecified atom stereocenters. The molecule has 1 rings (SSSR count). The van der Waals surface area contributed by atoms with Gasteiger partial charge in [-0.3, -0.25) is 4.72 Å². The molecular formula is C8H12FN3O2S. The van der Waals surface area contributed by atoms with Crippen LogP contribution >= 0.6 is 0 Å². The third-order valence-electron chi connectivity index (χ3n) is 1.71. The Kier molecular flexibility index (Phi) is 3.15. The van der Waals surface area contributed by atoms with E-state index in [0.29, 0.717) is 0 Å². The molecule has 0 saturated carbocycles. The maximum Gasteiger partial charge on any atom is 0.301 e. The number of nitrogen functional groups attached to an aromatic ring is 1. The maximum absolute atomic E-state index is 13.2. The Morgan fingerprint density at radius 1 is 1.40 bits per heavy atom. The molecule has 0 radical (unpaired) electrons. The van der Waals surface area contributed by atoms with Crippen LogP contribution in [0.5, 0.6) is 0 Å². The van der Waals surface area contributed by atoms with Crippen molar-refractivity contribution in [2.75, 3.05) is 24.6 Å². The predicted molar refractivity (Wildman–Crippen MR) is 57.0 cm³/mol. The van der Waals surface area contributed by atoms with Crippen LogP contribution in [0.3, 0.4) is 0 Å². The van der Waals surface area contributed by atoms with E-state index in [9.17, 15) is 12.8 Å². The molecule has 0 amide bonds. The van der Waals surface area contributed by atoms with Gasteiger partial charge in [-0.25, -0.2) is 4.39 Å². The van der Waals surface area contributed by atoms with Gasteiger partial charge in [0.15, 0.2) is 0 Å². The summed E-state index contributed by atoms with van der Waals surface area (Å²) in [5.41, 5.74) is 5.53. The molecule has 0 fully saturated rings. The van der Waals surface area contributed by atoms with Crippen molar-refractivity contribution in [3.63, 3.8) is 0 Å². The summed E-state index contributed by atoms with van der Waals surface area (Å²) in [6.45, 7) is 0. The number of hydrogen-bond donors (Lipinski definition) is 2. The highest BCUT2D eigenvalue weighted by Crippen LogP contribution is 2.18. The Bertz CT molecular complexity index is 459. The van der Waals surface area contributed by atoms with E-state index in [2.05, 4.69) is 4.72 Å². The summed E-state index contributed by atoms with van der Waals surface area (Å²) in [4.78, 5) is 0. The van der Waals surface area contributed by atoms with E-state index < -0.39 is 16.0 Å². The highest BCUT2D eigenvalue weighted by Gasteiger charge is 2.15. The molecule has 15 heavy (non-hydrogen) atoms. The summed E-state index contributed by atoms with van der Waals surface area (Å²) in [6.07, 6.45) is 0. The molecule has 0 aliphatic rings. The van der Waals surface area contributed by atoms with Gasteiger partial charge in [0, 0.05) is 19.8 Å². The van der Waals surface area contributed by atoms with Crippen molar-refractivity contribution >= 4 is 21.6 Å². The third kappa shape index (κ3) is 2.80. The molecule has 5 nitrogen and oxygen atoms in total. The van der Waals surface area contributed by atoms with Crippen LogP contribution in [0.2, 0.25) is 0 Å². The molecule has 7 heteroatoms. The quantitative estimate of drug-likeness (QED) is 0.752. The van der Waals surface area contributed by atoms with Gasteiger partial charge in [-0.15, -0.1) is 0 Å². The number of anilines is 2. The van der Waals surface area contributed by atoms with Crippen LogP contribution in [0.15, 0.2) is 18.2 Å². The number of rotatable bonds is 3. The minimum Gasteiger partial charge on any atom is -0.399 e. The second-order valence-electron chi connectivity index (χ2n) is 3.13. The van der Waals surface area contributed by atoms with Gasteiger partial charge in [-0.05, 0) is 18.2 Å². The highest BCUT2D eigenvalue weighted by atomic mass is 32.2. The lowest BCUT2D eigenvalue weighted by Gasteiger charge is -2.13. The Morgan fingerprint density at radius 2 is 2.00 bits per heavy atom. The second-order valence-corrected chi connectivity index (χ2v) is 5.01. The van der Waals surface area contributed by atoms with Crippen molar-refractivity contribution in [3.05, 3.63) is 24.0 Å². The molecule has 3 N–H and O–H groups in total. The van der Waals surface area contributed by atoms with E-state index in [4.69, 9.17) is 5.73 Å². The van der Waals surface area contributed by atoms with Crippen molar-refractivity contribution < 1.29 is 12.8 Å². The minimum absolute atomic E-state index is 0.163. The van der Waals surface area contributed by atoms with Crippen LogP contribution in [0, 0.1) is 5.82 Å². The van der Waals surface area contributed by atoms with Gasteiger partial charge in [0.05, 0.1) is 5.69 Å². The fourth-order valence-corrected chi connectivity index (χ4v) is 1.47. The van der Waals surface area contributed by atoms with Gasteiger partial charge < -0.3 is 5.73 Å². The molecule has 0 spiro atoms. The summed E-state index contributed by atoms with van der Waals surface area (Å²) < 4.78 is 38.9. The van der Waals surface area contributed by atoms with Crippen LogP contribution in [-0.2, 0) is 10.2 Å². The summed E-state index contributed by atoms with van der Waals surface area (Å²) >= 11 is 0. The van der Waals surface area contributed by atoms with Crippen molar-refractivity contribution in [2.45, 2.75) is 0 Å². The number of hydrogen-bond acceptors (Lipinski definition) is 3. The van der Waals surface area contributed by atoms with Crippen LogP contribution in [0.4, 0.5) is 15.8 Å². The zero-order valence-corrected chi connectivity index (χ0v) is 9.18. The van der Waals surface area contributed by atoms with E-state index in [1.54, 1.807) is 0 Å². The predicted octanol–water partition coefficient (Wildman–Crippen LogP) is 0.626. The van der Waals surface area contributed by atoms with Crippen LogP contribution in [0.1, 0.15) is 0 Å². The number of nitrogens with zero attached hydrogens (tertiary/aromatic N) is 1. The number of halogens is 1. The molecule has 0 heterocycles. The summed E-state index contributed by atoms with van der Waals surface area (Å²) in [7, 11) is -1.02. The largest absolute Gasteiger partial charge is 0.399 e. The van der Waals surface area contributed by atoms with Crippen LogP contribution < -0.4 is 10.5 Å². The average Bonchev–Trinajstić information content (AvgIpc) is 2.10. The smallest absolute Gasteiger partial charge is 0.301 e. The normalized spacial score (nSPS) is 11.7. The first kappa shape index (κ1) is 11.7. The Labute approximate surface area is 87.9 Å². The average molecular weight is 233 g/mol. The van der Waals surface area contributed by atoms with Crippen molar-refractivity contribution in [3.8, 4) is 0 Å². The van der Waals surface area contributed by atoms with Gasteiger partial charge in [-0.1, -0.05) is 0 Å². The first-order chi connectivity index (χ1) is 6.83. The molecule has 0 saturated heterocycles. The molecule has 1 aromatic rings. The van der Waals surface area contributed by atoms with E-state index in [1.165, 1.54) is 26.2 Å². The van der Waals surface area contributed by atoms with Gasteiger partial charge in [0.2, 0.25) is 0 Å². The van der Waals surface area contributed by atoms with Gasteiger partial charge in [0.25, 0.3) is 0 Å². The lowest BCUT2D eigenvalue weighted by Crippen LogP contribution is -2.29. The zero-order valence-electron chi connectivity index (χ0n) is 8.36. The van der Waals surface area contributed by atoms with Crippen molar-refractivity contribution in [1.82, 2.24) is 4.31 Å². The zero-order chi connectivity index (χ0) is 11.6. The monoisotopic (exact) mass is 233 g/mol. The van der Waals surface area contributed by atoms with Gasteiger partial charge in [-0.2, -0.15) is 12.7 Å². The highest BCUT2D eigenvalue weighted by molar-refractivity contribution is 7.90. The molecule has 0 aliphatic carbocycles. The van der Waals surface area contributed by atoms with Crippen molar-refractivity contribution in [1.29, 1.82) is 0 Å². The van der Waals surface area contributed by atoms with Gasteiger partial charge in [0.1, 0.15) is 5.82 Å². The van der Waals surface area contributed by atoms with Gasteiger partial charge >= 0.3 is 10.2 Å². The first-order valence-electron chi connectivity index (χ1n) is 4.08. The SMILES string of the molecule is CN(C)S(=O)(=O)Nc1cc(N)ccc1F. The van der Waals surface area contributed by atoms with E-state index in [1.807, 2.05) is 0 Å². The third-order valence-corrected chi connectivity index (χ3v) is 3.15. The molecule has 84 valence electrons. The number of nitrogens with one attached hydrogen (secondary N) is 1. The van der Waals surface area contributed by atoms with E-state index in [0.717, 1.165) is 10.4 Å². The second kappa shape index (κ2) is 4.03. The Hall–Kier alpha value is -1.34. The van der Waals surface area contributed by atoms with E-state index in [-0.39, 0.29) is 11.4 Å².